The molecule has 1 amide bonds. The molecular formula is C15H18N2O4. The van der Waals surface area contributed by atoms with Gasteiger partial charge < -0.3 is 19.3 Å². The van der Waals surface area contributed by atoms with Crippen molar-refractivity contribution in [3.8, 4) is 0 Å². The van der Waals surface area contributed by atoms with Crippen LogP contribution >= 0.6 is 0 Å². The van der Waals surface area contributed by atoms with Crippen LogP contribution < -0.4 is 0 Å². The van der Waals surface area contributed by atoms with Crippen molar-refractivity contribution in [2.75, 3.05) is 33.7 Å². The van der Waals surface area contributed by atoms with Gasteiger partial charge in [0.2, 0.25) is 0 Å². The Morgan fingerprint density at radius 2 is 1.90 bits per heavy atom. The number of likely N-dealkylation sites (N-methyl/N-ethyl adjacent to an activating group) is 1. The number of carboxylic acid groups (broad SMARTS) is 1. The molecule has 0 bridgehead atoms. The third-order valence-corrected chi connectivity index (χ3v) is 3.14. The molecule has 0 unspecified atom stereocenters. The summed E-state index contributed by atoms with van der Waals surface area (Å²) in [7, 11) is 3.74. The van der Waals surface area contributed by atoms with Gasteiger partial charge in [0.15, 0.2) is 0 Å². The minimum atomic E-state index is -1.03. The molecule has 1 aromatic heterocycles. The zero-order valence-electron chi connectivity index (χ0n) is 12.1. The monoisotopic (exact) mass is 290 g/mol. The van der Waals surface area contributed by atoms with E-state index < -0.39 is 5.97 Å². The summed E-state index contributed by atoms with van der Waals surface area (Å²) in [4.78, 5) is 26.7. The highest BCUT2D eigenvalue weighted by atomic mass is 16.4. The average Bonchev–Trinajstić information content (AvgIpc) is 2.86. The van der Waals surface area contributed by atoms with Crippen LogP contribution in [0.15, 0.2) is 34.9 Å². The van der Waals surface area contributed by atoms with Crippen molar-refractivity contribution in [2.24, 2.45) is 0 Å². The summed E-state index contributed by atoms with van der Waals surface area (Å²) in [6.07, 6.45) is 1.39. The Hall–Kier alpha value is -2.34. The molecule has 1 N–H and O–H groups in total. The molecule has 112 valence electrons. The second kappa shape index (κ2) is 6.41. The number of fused-ring (bicyclic) bond motifs is 1. The minimum Gasteiger partial charge on any atom is -0.480 e. The van der Waals surface area contributed by atoms with Gasteiger partial charge in [-0.25, -0.2) is 0 Å². The molecule has 0 aliphatic carbocycles. The van der Waals surface area contributed by atoms with Gasteiger partial charge in [0.25, 0.3) is 5.91 Å². The second-order valence-electron chi connectivity index (χ2n) is 5.07. The van der Waals surface area contributed by atoms with Crippen LogP contribution in [0.4, 0.5) is 0 Å². The fourth-order valence-electron chi connectivity index (χ4n) is 2.05. The molecule has 21 heavy (non-hydrogen) atoms. The molecular weight excluding hydrogens is 272 g/mol. The highest BCUT2D eigenvalue weighted by Gasteiger charge is 2.22. The van der Waals surface area contributed by atoms with Crippen molar-refractivity contribution in [1.29, 1.82) is 0 Å². The number of carbonyl (C=O) groups is 2. The number of aliphatic carboxylic acids is 1. The number of furan rings is 1. The second-order valence-corrected chi connectivity index (χ2v) is 5.07. The number of para-hydroxylation sites is 1. The Morgan fingerprint density at radius 1 is 1.19 bits per heavy atom. The van der Waals surface area contributed by atoms with E-state index in [1.165, 1.54) is 11.2 Å². The summed E-state index contributed by atoms with van der Waals surface area (Å²) < 4.78 is 5.35. The first-order valence-electron chi connectivity index (χ1n) is 6.61. The predicted molar refractivity (Wildman–Crippen MR) is 78.3 cm³/mol. The van der Waals surface area contributed by atoms with Gasteiger partial charge in [-0.3, -0.25) is 9.59 Å². The lowest BCUT2D eigenvalue weighted by Crippen LogP contribution is -2.39. The summed E-state index contributed by atoms with van der Waals surface area (Å²) in [5.41, 5.74) is 1.01. The number of carboxylic acids is 1. The topological polar surface area (TPSA) is 74.0 Å². The number of hydrogen-bond acceptors (Lipinski definition) is 4. The first kappa shape index (κ1) is 15.1. The van der Waals surface area contributed by atoms with Crippen molar-refractivity contribution in [3.05, 3.63) is 36.1 Å². The molecule has 0 spiro atoms. The maximum atomic E-state index is 12.6. The van der Waals surface area contributed by atoms with Crippen LogP contribution in [0.3, 0.4) is 0 Å². The lowest BCUT2D eigenvalue weighted by atomic mass is 10.1. The van der Waals surface area contributed by atoms with Gasteiger partial charge in [-0.2, -0.15) is 0 Å². The van der Waals surface area contributed by atoms with E-state index >= 15 is 0 Å². The zero-order chi connectivity index (χ0) is 15.4. The van der Waals surface area contributed by atoms with Crippen LogP contribution in [0.1, 0.15) is 10.4 Å². The van der Waals surface area contributed by atoms with E-state index in [4.69, 9.17) is 9.52 Å². The highest BCUT2D eigenvalue weighted by Crippen LogP contribution is 2.22. The van der Waals surface area contributed by atoms with Crippen LogP contribution in [0.5, 0.6) is 0 Å². The molecule has 0 fully saturated rings. The van der Waals surface area contributed by atoms with E-state index in [9.17, 15) is 9.59 Å². The highest BCUT2D eigenvalue weighted by molar-refractivity contribution is 6.06. The Bertz CT molecular complexity index is 648. The minimum absolute atomic E-state index is 0.327. The fourth-order valence-corrected chi connectivity index (χ4v) is 2.05. The molecule has 1 heterocycles. The summed E-state index contributed by atoms with van der Waals surface area (Å²) in [5.74, 6) is -1.36. The molecule has 0 saturated carbocycles. The molecule has 0 aliphatic rings. The standard InChI is InChI=1S/C15H18N2O4/c1-16(2)7-8-17(9-14(18)19)15(20)12-10-21-13-6-4-3-5-11(12)13/h3-6,10H,7-9H2,1-2H3,(H,18,19). The Kier molecular flexibility index (Phi) is 4.59. The van der Waals surface area contributed by atoms with Crippen molar-refractivity contribution < 1.29 is 19.1 Å². The number of amides is 1. The van der Waals surface area contributed by atoms with Crippen molar-refractivity contribution in [3.63, 3.8) is 0 Å². The maximum Gasteiger partial charge on any atom is 0.323 e. The van der Waals surface area contributed by atoms with Crippen LogP contribution in [-0.2, 0) is 4.79 Å². The fraction of sp³-hybridized carbons (Fsp3) is 0.333. The maximum absolute atomic E-state index is 12.6. The lowest BCUT2D eigenvalue weighted by molar-refractivity contribution is -0.137. The number of benzene rings is 1. The predicted octanol–water partition coefficient (Wildman–Crippen LogP) is 1.52. The number of hydrogen-bond donors (Lipinski definition) is 1. The first-order valence-corrected chi connectivity index (χ1v) is 6.61. The summed E-state index contributed by atoms with van der Waals surface area (Å²) in [5, 5.41) is 9.67. The SMILES string of the molecule is CN(C)CCN(CC(=O)O)C(=O)c1coc2ccccc12. The molecule has 0 atom stereocenters. The van der Waals surface area contributed by atoms with Gasteiger partial charge in [0, 0.05) is 18.5 Å². The molecule has 0 radical (unpaired) electrons. The van der Waals surface area contributed by atoms with E-state index in [1.807, 2.05) is 31.1 Å². The Labute approximate surface area is 122 Å². The molecule has 6 nitrogen and oxygen atoms in total. The van der Waals surface area contributed by atoms with Crippen LogP contribution in [0, 0.1) is 0 Å². The largest absolute Gasteiger partial charge is 0.480 e. The van der Waals surface area contributed by atoms with Gasteiger partial charge >= 0.3 is 5.97 Å². The number of nitrogens with zero attached hydrogens (tertiary/aromatic N) is 2. The quantitative estimate of drug-likeness (QED) is 0.873. The summed E-state index contributed by atoms with van der Waals surface area (Å²) >= 11 is 0. The van der Waals surface area contributed by atoms with Crippen molar-refractivity contribution in [1.82, 2.24) is 9.80 Å². The van der Waals surface area contributed by atoms with Crippen LogP contribution in [0.25, 0.3) is 11.0 Å². The van der Waals surface area contributed by atoms with E-state index in [2.05, 4.69) is 0 Å². The number of rotatable bonds is 6. The lowest BCUT2D eigenvalue weighted by Gasteiger charge is -2.22. The summed E-state index contributed by atoms with van der Waals surface area (Å²) in [6, 6.07) is 7.20. The molecule has 6 heteroatoms. The van der Waals surface area contributed by atoms with E-state index in [-0.39, 0.29) is 12.5 Å². The molecule has 0 saturated heterocycles. The van der Waals surface area contributed by atoms with Gasteiger partial charge in [0.1, 0.15) is 18.4 Å². The van der Waals surface area contributed by atoms with E-state index in [0.717, 1.165) is 0 Å². The number of carbonyl (C=O) groups excluding carboxylic acids is 1. The van der Waals surface area contributed by atoms with Gasteiger partial charge in [-0.1, -0.05) is 18.2 Å². The van der Waals surface area contributed by atoms with Gasteiger partial charge in [-0.15, -0.1) is 0 Å². The van der Waals surface area contributed by atoms with Gasteiger partial charge in [0.05, 0.1) is 5.56 Å². The van der Waals surface area contributed by atoms with Crippen molar-refractivity contribution >= 4 is 22.8 Å². The average molecular weight is 290 g/mol. The Balaban J connectivity index is 2.26. The molecule has 2 aromatic rings. The van der Waals surface area contributed by atoms with Crippen LogP contribution in [0.2, 0.25) is 0 Å². The van der Waals surface area contributed by atoms with Crippen LogP contribution in [-0.4, -0.2) is 60.5 Å². The zero-order valence-corrected chi connectivity index (χ0v) is 12.1. The molecule has 2 rings (SSSR count). The van der Waals surface area contributed by atoms with Crippen molar-refractivity contribution in [2.45, 2.75) is 0 Å². The molecule has 0 aliphatic heterocycles. The smallest absolute Gasteiger partial charge is 0.323 e. The third-order valence-electron chi connectivity index (χ3n) is 3.14. The normalized spacial score (nSPS) is 11.0. The third kappa shape index (κ3) is 3.61. The van der Waals surface area contributed by atoms with Gasteiger partial charge in [-0.05, 0) is 20.2 Å². The Morgan fingerprint density at radius 3 is 2.57 bits per heavy atom. The molecule has 1 aromatic carbocycles. The van der Waals surface area contributed by atoms with E-state index in [1.54, 1.807) is 12.1 Å². The van der Waals surface area contributed by atoms with E-state index in [0.29, 0.717) is 29.6 Å². The summed E-state index contributed by atoms with van der Waals surface area (Å²) in [6.45, 7) is 0.610. The first-order chi connectivity index (χ1) is 9.99.